The molecule has 2 aromatic carbocycles. The fourth-order valence-corrected chi connectivity index (χ4v) is 5.48. The number of pyridine rings is 1. The maximum atomic E-state index is 14.9. The van der Waals surface area contributed by atoms with E-state index in [4.69, 9.17) is 4.74 Å². The Balaban J connectivity index is 1.26. The molecule has 2 N–H and O–H groups in total. The third-order valence-corrected chi connectivity index (χ3v) is 7.64. The Morgan fingerprint density at radius 1 is 1.05 bits per heavy atom. The number of anilines is 2. The lowest BCUT2D eigenvalue weighted by atomic mass is 10.0. The summed E-state index contributed by atoms with van der Waals surface area (Å²) >= 11 is 0. The number of hydrogen-bond donors (Lipinski definition) is 2. The number of aromatic nitrogens is 4. The van der Waals surface area contributed by atoms with Crippen LogP contribution in [0.2, 0.25) is 0 Å². The van der Waals surface area contributed by atoms with Crippen molar-refractivity contribution in [3.63, 3.8) is 0 Å². The Morgan fingerprint density at radius 2 is 1.91 bits per heavy atom. The molecule has 1 fully saturated rings. The third kappa shape index (κ3) is 4.94. The largest absolute Gasteiger partial charge is 0.377 e. The van der Waals surface area contributed by atoms with Crippen LogP contribution in [-0.4, -0.2) is 69.1 Å². The molecule has 3 aromatic heterocycles. The first-order valence-corrected chi connectivity index (χ1v) is 14.2. The maximum absolute atomic E-state index is 14.9. The monoisotopic (exact) mass is 590 g/mol. The van der Waals surface area contributed by atoms with Gasteiger partial charge in [0.05, 0.1) is 30.7 Å². The Morgan fingerprint density at radius 3 is 2.70 bits per heavy atom. The van der Waals surface area contributed by atoms with Crippen LogP contribution in [0.25, 0.3) is 16.9 Å². The highest BCUT2D eigenvalue weighted by atomic mass is 19.1. The molecule has 0 radical (unpaired) electrons. The molecule has 1 saturated heterocycles. The number of benzene rings is 2. The lowest BCUT2D eigenvalue weighted by Crippen LogP contribution is -2.44. The lowest BCUT2D eigenvalue weighted by molar-refractivity contribution is -0.117. The van der Waals surface area contributed by atoms with Gasteiger partial charge in [-0.05, 0) is 31.2 Å². The zero-order chi connectivity index (χ0) is 30.2. The second-order valence-electron chi connectivity index (χ2n) is 10.5. The molecule has 5 heterocycles. The lowest BCUT2D eigenvalue weighted by Gasteiger charge is -2.34. The zero-order valence-corrected chi connectivity index (χ0v) is 23.6. The average Bonchev–Trinajstić information content (AvgIpc) is 3.38. The van der Waals surface area contributed by atoms with Crippen molar-refractivity contribution >= 4 is 34.7 Å². The van der Waals surface area contributed by atoms with Gasteiger partial charge in [0.15, 0.2) is 5.65 Å². The van der Waals surface area contributed by atoms with Crippen molar-refractivity contribution in [3.05, 3.63) is 108 Å². The van der Waals surface area contributed by atoms with Crippen molar-refractivity contribution in [1.82, 2.24) is 24.9 Å². The van der Waals surface area contributed by atoms with E-state index in [1.807, 2.05) is 42.5 Å². The molecule has 11 nitrogen and oxygen atoms in total. The van der Waals surface area contributed by atoms with Gasteiger partial charge in [0.1, 0.15) is 22.9 Å². The molecule has 12 heteroatoms. The predicted octanol–water partition coefficient (Wildman–Crippen LogP) is 3.70. The van der Waals surface area contributed by atoms with Crippen LogP contribution in [0.3, 0.4) is 0 Å². The first-order chi connectivity index (χ1) is 21.5. The van der Waals surface area contributed by atoms with Crippen LogP contribution in [-0.2, 0) is 9.53 Å². The number of halogens is 1. The molecule has 2 amide bonds. The number of nitrogens with zero attached hydrogens (tertiary/aromatic N) is 6. The van der Waals surface area contributed by atoms with Gasteiger partial charge in [-0.1, -0.05) is 42.5 Å². The van der Waals surface area contributed by atoms with Crippen molar-refractivity contribution in [2.24, 2.45) is 4.99 Å². The van der Waals surface area contributed by atoms with E-state index in [0.29, 0.717) is 47.0 Å². The molecule has 0 spiro atoms. The molecule has 44 heavy (non-hydrogen) atoms. The fourth-order valence-electron chi connectivity index (χ4n) is 5.48. The summed E-state index contributed by atoms with van der Waals surface area (Å²) in [5, 5.41) is 9.98. The highest BCUT2D eigenvalue weighted by Crippen LogP contribution is 2.29. The maximum Gasteiger partial charge on any atom is 0.269 e. The molecule has 0 bridgehead atoms. The van der Waals surface area contributed by atoms with E-state index >= 15 is 0 Å². The summed E-state index contributed by atoms with van der Waals surface area (Å²) in [6.07, 6.45) is 3.53. The second-order valence-corrected chi connectivity index (χ2v) is 10.5. The SMILES string of the molecule is C[C@H]1COCCN1c1ccc(-c2nn3cccnc3c2C(=O)N[C@H]2N=C(c3ccccc3)c3cccc(F)c3NC2=O)cn1. The van der Waals surface area contributed by atoms with Gasteiger partial charge >= 0.3 is 0 Å². The number of hydrogen-bond acceptors (Lipinski definition) is 8. The number of benzodiazepines with no additional fused rings is 1. The first-order valence-electron chi connectivity index (χ1n) is 14.2. The third-order valence-electron chi connectivity index (χ3n) is 7.64. The number of para-hydroxylation sites is 1. The molecular formula is C32H27FN8O3. The van der Waals surface area contributed by atoms with Crippen LogP contribution < -0.4 is 15.5 Å². The number of amides is 2. The summed E-state index contributed by atoms with van der Waals surface area (Å²) in [4.78, 5) is 43.3. The number of morpholine rings is 1. The van der Waals surface area contributed by atoms with Gasteiger partial charge in [-0.2, -0.15) is 5.10 Å². The van der Waals surface area contributed by atoms with Crippen molar-refractivity contribution in [3.8, 4) is 11.3 Å². The van der Waals surface area contributed by atoms with E-state index in [9.17, 15) is 14.0 Å². The summed E-state index contributed by atoms with van der Waals surface area (Å²) in [5.74, 6) is -1.13. The molecule has 0 aliphatic carbocycles. The number of fused-ring (bicyclic) bond motifs is 2. The molecule has 220 valence electrons. The average molecular weight is 591 g/mol. The zero-order valence-electron chi connectivity index (χ0n) is 23.6. The van der Waals surface area contributed by atoms with Gasteiger partial charge in [-0.25, -0.2) is 23.9 Å². The first kappa shape index (κ1) is 27.3. The molecule has 0 saturated carbocycles. The van der Waals surface area contributed by atoms with E-state index in [-0.39, 0.29) is 17.3 Å². The summed E-state index contributed by atoms with van der Waals surface area (Å²) in [5.41, 5.74) is 2.80. The Kier molecular flexibility index (Phi) is 7.03. The number of rotatable bonds is 5. The van der Waals surface area contributed by atoms with E-state index in [0.717, 1.165) is 12.4 Å². The van der Waals surface area contributed by atoms with E-state index in [1.165, 1.54) is 10.6 Å². The summed E-state index contributed by atoms with van der Waals surface area (Å²) in [7, 11) is 0. The van der Waals surface area contributed by atoms with E-state index < -0.39 is 23.8 Å². The van der Waals surface area contributed by atoms with Gasteiger partial charge in [0.25, 0.3) is 11.8 Å². The quantitative estimate of drug-likeness (QED) is 0.320. The van der Waals surface area contributed by atoms with Crippen LogP contribution in [0.5, 0.6) is 0 Å². The van der Waals surface area contributed by atoms with Gasteiger partial charge in [0.2, 0.25) is 6.17 Å². The number of carbonyl (C=O) groups excluding carboxylic acids is 2. The predicted molar refractivity (Wildman–Crippen MR) is 162 cm³/mol. The number of aliphatic imine (C=N–C) groups is 1. The molecule has 7 rings (SSSR count). The molecule has 2 aliphatic heterocycles. The van der Waals surface area contributed by atoms with Crippen molar-refractivity contribution in [1.29, 1.82) is 0 Å². The summed E-state index contributed by atoms with van der Waals surface area (Å²) in [6.45, 7) is 4.04. The van der Waals surface area contributed by atoms with Gasteiger partial charge < -0.3 is 20.3 Å². The number of ether oxygens (including phenoxy) is 1. The molecular weight excluding hydrogens is 563 g/mol. The molecule has 5 aromatic rings. The minimum atomic E-state index is -1.38. The molecule has 2 aliphatic rings. The second kappa shape index (κ2) is 11.3. The Labute approximate surface area is 251 Å². The molecule has 2 atom stereocenters. The topological polar surface area (TPSA) is 126 Å². The van der Waals surface area contributed by atoms with Crippen LogP contribution in [0.15, 0.2) is 90.3 Å². The van der Waals surface area contributed by atoms with E-state index in [1.54, 1.807) is 36.8 Å². The summed E-state index contributed by atoms with van der Waals surface area (Å²) < 4.78 is 22.0. The van der Waals surface area contributed by atoms with Crippen molar-refractivity contribution < 1.29 is 18.7 Å². The Bertz CT molecular complexity index is 1910. The fraction of sp³-hybridized carbons (Fsp3) is 0.188. The minimum Gasteiger partial charge on any atom is -0.377 e. The van der Waals surface area contributed by atoms with Crippen molar-refractivity contribution in [2.75, 3.05) is 30.0 Å². The standard InChI is InChI=1S/C32H27FN8O3/c1-19-18-44-16-15-40(19)24-12-11-21(17-35-24)27-25(30-34-13-6-14-41(30)39-27)31(42)38-29-32(43)37-28-22(9-5-10-23(28)33)26(36-29)20-7-3-2-4-8-20/h2-14,17,19,29H,15-16,18H2,1H3,(H,37,43)(H,38,42)/t19-,29+/m0/s1. The minimum absolute atomic E-state index is 0.00376. The van der Waals surface area contributed by atoms with Crippen LogP contribution >= 0.6 is 0 Å². The Hall–Kier alpha value is -5.49. The summed E-state index contributed by atoms with van der Waals surface area (Å²) in [6, 6.07) is 19.2. The van der Waals surface area contributed by atoms with Gasteiger partial charge in [-0.15, -0.1) is 0 Å². The van der Waals surface area contributed by atoms with Gasteiger partial charge in [-0.3, -0.25) is 9.59 Å². The number of carbonyl (C=O) groups is 2. The van der Waals surface area contributed by atoms with Crippen LogP contribution in [0, 0.1) is 5.82 Å². The normalized spacial score (nSPS) is 18.3. The van der Waals surface area contributed by atoms with E-state index in [2.05, 4.69) is 42.5 Å². The van der Waals surface area contributed by atoms with Gasteiger partial charge in [0, 0.05) is 41.8 Å². The smallest absolute Gasteiger partial charge is 0.269 e. The highest BCUT2D eigenvalue weighted by Gasteiger charge is 2.31. The highest BCUT2D eigenvalue weighted by molar-refractivity contribution is 6.20. The molecule has 0 unspecified atom stereocenters. The van der Waals surface area contributed by atoms with Crippen molar-refractivity contribution in [2.45, 2.75) is 19.1 Å². The van der Waals surface area contributed by atoms with Crippen LogP contribution in [0.4, 0.5) is 15.9 Å². The van der Waals surface area contributed by atoms with Crippen LogP contribution in [0.1, 0.15) is 28.4 Å². The number of nitrogens with one attached hydrogen (secondary N) is 2.